The van der Waals surface area contributed by atoms with Crippen LogP contribution in [-0.2, 0) is 5.41 Å². The molecule has 130 valence electrons. The first-order valence-electron chi connectivity index (χ1n) is 7.60. The Labute approximate surface area is 145 Å². The zero-order valence-electron chi connectivity index (χ0n) is 14.2. The van der Waals surface area contributed by atoms with E-state index in [0.717, 1.165) is 5.56 Å². The summed E-state index contributed by atoms with van der Waals surface area (Å²) in [4.78, 5) is 22.1. The van der Waals surface area contributed by atoms with E-state index in [2.05, 4.69) is 31.3 Å². The van der Waals surface area contributed by atoms with Gasteiger partial charge in [-0.3, -0.25) is 14.9 Å². The van der Waals surface area contributed by atoms with E-state index in [0.29, 0.717) is 11.1 Å². The Morgan fingerprint density at radius 1 is 1.20 bits per heavy atom. The minimum atomic E-state index is -0.692. The molecule has 2 N–H and O–H groups in total. The molecule has 0 bridgehead atoms. The predicted octanol–water partition coefficient (Wildman–Crippen LogP) is 3.36. The third kappa shape index (κ3) is 4.63. The van der Waals surface area contributed by atoms with Crippen LogP contribution in [0.5, 0.6) is 5.75 Å². The molecule has 7 heteroatoms. The molecule has 0 radical (unpaired) electrons. The molecule has 0 heterocycles. The summed E-state index contributed by atoms with van der Waals surface area (Å²) in [6.07, 6.45) is 1.27. The number of phenolic OH excluding ortho intramolecular Hbond substituents is 1. The maximum Gasteiger partial charge on any atom is 0.311 e. The fourth-order valence-electron chi connectivity index (χ4n) is 2.12. The van der Waals surface area contributed by atoms with Crippen LogP contribution in [0.3, 0.4) is 0 Å². The number of hydrogen-bond acceptors (Lipinski definition) is 5. The van der Waals surface area contributed by atoms with Gasteiger partial charge < -0.3 is 5.11 Å². The van der Waals surface area contributed by atoms with Gasteiger partial charge in [-0.2, -0.15) is 5.10 Å². The number of nitro groups is 1. The molecule has 2 rings (SSSR count). The Morgan fingerprint density at radius 3 is 2.40 bits per heavy atom. The summed E-state index contributed by atoms with van der Waals surface area (Å²) in [5, 5.41) is 24.0. The minimum Gasteiger partial charge on any atom is -0.502 e. The van der Waals surface area contributed by atoms with Crippen LogP contribution in [0.15, 0.2) is 47.6 Å². The number of hydrazone groups is 1. The number of nitrogens with one attached hydrogen (secondary N) is 1. The number of nitrogens with zero attached hydrogens (tertiary/aromatic N) is 2. The highest BCUT2D eigenvalue weighted by molar-refractivity contribution is 5.95. The lowest BCUT2D eigenvalue weighted by atomic mass is 9.87. The van der Waals surface area contributed by atoms with E-state index in [1.165, 1.54) is 24.4 Å². The van der Waals surface area contributed by atoms with Gasteiger partial charge in [-0.15, -0.1) is 0 Å². The predicted molar refractivity (Wildman–Crippen MR) is 95.0 cm³/mol. The molecule has 2 aromatic carbocycles. The topological polar surface area (TPSA) is 105 Å². The van der Waals surface area contributed by atoms with E-state index in [1.807, 2.05) is 12.1 Å². The largest absolute Gasteiger partial charge is 0.502 e. The van der Waals surface area contributed by atoms with Gasteiger partial charge in [0, 0.05) is 17.2 Å². The van der Waals surface area contributed by atoms with Crippen LogP contribution in [-0.4, -0.2) is 22.2 Å². The molecule has 0 aliphatic carbocycles. The molecule has 7 nitrogen and oxygen atoms in total. The molecular formula is C18H19N3O4. The van der Waals surface area contributed by atoms with Crippen LogP contribution in [0.2, 0.25) is 0 Å². The van der Waals surface area contributed by atoms with E-state index in [9.17, 15) is 20.0 Å². The molecule has 0 atom stereocenters. The van der Waals surface area contributed by atoms with Crippen LogP contribution in [0, 0.1) is 10.1 Å². The molecule has 0 aliphatic rings. The second-order valence-electron chi connectivity index (χ2n) is 6.53. The molecule has 0 saturated heterocycles. The quantitative estimate of drug-likeness (QED) is 0.505. The Morgan fingerprint density at radius 2 is 1.84 bits per heavy atom. The second kappa shape index (κ2) is 7.12. The maximum absolute atomic E-state index is 12.1. The van der Waals surface area contributed by atoms with Gasteiger partial charge in [0.2, 0.25) is 0 Å². The highest BCUT2D eigenvalue weighted by Crippen LogP contribution is 2.25. The smallest absolute Gasteiger partial charge is 0.311 e. The van der Waals surface area contributed by atoms with Crippen molar-refractivity contribution in [2.75, 3.05) is 0 Å². The highest BCUT2D eigenvalue weighted by Gasteiger charge is 2.14. The third-order valence-corrected chi connectivity index (χ3v) is 3.59. The first-order valence-corrected chi connectivity index (χ1v) is 7.60. The summed E-state index contributed by atoms with van der Waals surface area (Å²) >= 11 is 0. The van der Waals surface area contributed by atoms with Gasteiger partial charge in [0.05, 0.1) is 11.1 Å². The first kappa shape index (κ1) is 18.1. The van der Waals surface area contributed by atoms with Crippen molar-refractivity contribution in [2.45, 2.75) is 26.2 Å². The van der Waals surface area contributed by atoms with E-state index in [-0.39, 0.29) is 11.3 Å². The number of carbonyl (C=O) groups is 1. The Kier molecular flexibility index (Phi) is 5.17. The fourth-order valence-corrected chi connectivity index (χ4v) is 2.12. The Hall–Kier alpha value is -3.22. The number of benzene rings is 2. The number of aromatic hydroxyl groups is 1. The van der Waals surface area contributed by atoms with Crippen molar-refractivity contribution in [3.63, 3.8) is 0 Å². The maximum atomic E-state index is 12.1. The van der Waals surface area contributed by atoms with Gasteiger partial charge in [0.15, 0.2) is 5.75 Å². The molecule has 0 unspecified atom stereocenters. The molecule has 1 amide bonds. The summed E-state index contributed by atoms with van der Waals surface area (Å²) in [7, 11) is 0. The lowest BCUT2D eigenvalue weighted by Crippen LogP contribution is -2.18. The Balaban J connectivity index is 2.06. The molecule has 25 heavy (non-hydrogen) atoms. The number of phenols is 1. The van der Waals surface area contributed by atoms with Crippen molar-refractivity contribution in [2.24, 2.45) is 5.10 Å². The van der Waals surface area contributed by atoms with Crippen LogP contribution in [0.4, 0.5) is 5.69 Å². The molecule has 0 saturated carbocycles. The molecule has 0 fully saturated rings. The van der Waals surface area contributed by atoms with Gasteiger partial charge in [0.1, 0.15) is 0 Å². The van der Waals surface area contributed by atoms with Crippen molar-refractivity contribution in [3.05, 3.63) is 69.3 Å². The van der Waals surface area contributed by atoms with Crippen LogP contribution >= 0.6 is 0 Å². The highest BCUT2D eigenvalue weighted by atomic mass is 16.6. The van der Waals surface area contributed by atoms with Crippen molar-refractivity contribution in [3.8, 4) is 5.75 Å². The summed E-state index contributed by atoms with van der Waals surface area (Å²) in [5.74, 6) is -0.810. The molecule has 0 spiro atoms. The minimum absolute atomic E-state index is 0.000739. The van der Waals surface area contributed by atoms with Crippen LogP contribution in [0.25, 0.3) is 0 Å². The lowest BCUT2D eigenvalue weighted by Gasteiger charge is -2.18. The van der Waals surface area contributed by atoms with E-state index in [4.69, 9.17) is 0 Å². The summed E-state index contributed by atoms with van der Waals surface area (Å²) in [5.41, 5.74) is 3.90. The normalized spacial score (nSPS) is 11.5. The molecule has 2 aromatic rings. The molecular weight excluding hydrogens is 322 g/mol. The zero-order valence-corrected chi connectivity index (χ0v) is 14.2. The average molecular weight is 341 g/mol. The first-order chi connectivity index (χ1) is 11.7. The van der Waals surface area contributed by atoms with Crippen molar-refractivity contribution < 1.29 is 14.8 Å². The molecule has 0 aliphatic heterocycles. The van der Waals surface area contributed by atoms with Crippen LogP contribution < -0.4 is 5.43 Å². The van der Waals surface area contributed by atoms with E-state index < -0.39 is 16.4 Å². The van der Waals surface area contributed by atoms with E-state index in [1.54, 1.807) is 12.1 Å². The van der Waals surface area contributed by atoms with Gasteiger partial charge in [0.25, 0.3) is 5.91 Å². The van der Waals surface area contributed by atoms with Crippen molar-refractivity contribution >= 4 is 17.8 Å². The van der Waals surface area contributed by atoms with Crippen molar-refractivity contribution in [1.29, 1.82) is 0 Å². The standard InChI is InChI=1S/C18H19N3O4/c1-18(2,3)14-7-5-13(6-8-14)17(23)20-19-11-12-4-9-16(22)15(10-12)21(24)25/h4-11,22H,1-3H3,(H,20,23). The van der Waals surface area contributed by atoms with Gasteiger partial charge >= 0.3 is 5.69 Å². The monoisotopic (exact) mass is 341 g/mol. The van der Waals surface area contributed by atoms with Gasteiger partial charge in [-0.25, -0.2) is 5.43 Å². The number of carbonyl (C=O) groups excluding carboxylic acids is 1. The Bertz CT molecular complexity index is 821. The van der Waals surface area contributed by atoms with Gasteiger partial charge in [-0.1, -0.05) is 32.9 Å². The van der Waals surface area contributed by atoms with Crippen molar-refractivity contribution in [1.82, 2.24) is 5.43 Å². The average Bonchev–Trinajstić information content (AvgIpc) is 2.55. The second-order valence-corrected chi connectivity index (χ2v) is 6.53. The fraction of sp³-hybridized carbons (Fsp3) is 0.222. The number of rotatable bonds is 4. The molecule has 0 aromatic heterocycles. The zero-order chi connectivity index (χ0) is 18.6. The number of nitro benzene ring substituents is 1. The van der Waals surface area contributed by atoms with Crippen LogP contribution in [0.1, 0.15) is 42.3 Å². The third-order valence-electron chi connectivity index (χ3n) is 3.59. The summed E-state index contributed by atoms with van der Waals surface area (Å²) in [6, 6.07) is 11.0. The number of amides is 1. The van der Waals surface area contributed by atoms with Gasteiger partial charge in [-0.05, 0) is 35.2 Å². The van der Waals surface area contributed by atoms with E-state index >= 15 is 0 Å². The summed E-state index contributed by atoms with van der Waals surface area (Å²) in [6.45, 7) is 6.26. The lowest BCUT2D eigenvalue weighted by molar-refractivity contribution is -0.385. The SMILES string of the molecule is CC(C)(C)c1ccc(C(=O)NN=Cc2ccc(O)c([N+](=O)[O-])c2)cc1. The number of hydrogen-bond donors (Lipinski definition) is 2. The summed E-state index contributed by atoms with van der Waals surface area (Å²) < 4.78 is 0.